The minimum absolute atomic E-state index is 0.497. The summed E-state index contributed by atoms with van der Waals surface area (Å²) in [6.07, 6.45) is 0. The van der Waals surface area contributed by atoms with Crippen LogP contribution in [0, 0.1) is 6.92 Å². The van der Waals surface area contributed by atoms with Gasteiger partial charge in [-0.2, -0.15) is 0 Å². The largest absolute Gasteiger partial charge is 0.456 e. The van der Waals surface area contributed by atoms with E-state index in [2.05, 4.69) is 15.9 Å². The summed E-state index contributed by atoms with van der Waals surface area (Å²) in [5, 5.41) is 1.05. The Bertz CT molecular complexity index is 617. The molecule has 2 aromatic carbocycles. The van der Waals surface area contributed by atoms with E-state index in [1.807, 2.05) is 25.1 Å². The van der Waals surface area contributed by atoms with E-state index in [4.69, 9.17) is 33.7 Å². The van der Waals surface area contributed by atoms with E-state index in [1.54, 1.807) is 12.1 Å². The fraction of sp³-hybridized carbons (Fsp3) is 0.143. The molecule has 0 heterocycles. The minimum Gasteiger partial charge on any atom is -0.456 e. The van der Waals surface area contributed by atoms with Crippen LogP contribution >= 0.6 is 39.1 Å². The van der Waals surface area contributed by atoms with E-state index in [9.17, 15) is 0 Å². The lowest BCUT2D eigenvalue weighted by atomic mass is 10.1. The Kier molecular flexibility index (Phi) is 4.74. The number of benzene rings is 2. The number of aryl methyl sites for hydroxylation is 1. The third-order valence-corrected chi connectivity index (χ3v) is 4.23. The van der Waals surface area contributed by atoms with Crippen LogP contribution in [0.1, 0.15) is 11.1 Å². The molecule has 0 fully saturated rings. The van der Waals surface area contributed by atoms with E-state index >= 15 is 0 Å². The molecule has 0 amide bonds. The lowest BCUT2D eigenvalue weighted by Crippen LogP contribution is -1.99. The molecule has 0 radical (unpaired) electrons. The van der Waals surface area contributed by atoms with Crippen molar-refractivity contribution in [3.8, 4) is 11.5 Å². The Labute approximate surface area is 130 Å². The van der Waals surface area contributed by atoms with E-state index in [0.29, 0.717) is 28.1 Å². The van der Waals surface area contributed by atoms with Crippen molar-refractivity contribution in [3.05, 3.63) is 56.0 Å². The Morgan fingerprint density at radius 2 is 1.89 bits per heavy atom. The number of ether oxygens (including phenoxy) is 1. The van der Waals surface area contributed by atoms with Crippen LogP contribution in [0.15, 0.2) is 34.8 Å². The molecule has 5 heteroatoms. The highest BCUT2D eigenvalue weighted by atomic mass is 79.9. The predicted molar refractivity (Wildman–Crippen MR) is 83.3 cm³/mol. The van der Waals surface area contributed by atoms with E-state index in [0.717, 1.165) is 15.6 Å². The summed E-state index contributed by atoms with van der Waals surface area (Å²) >= 11 is 15.5. The highest BCUT2D eigenvalue weighted by molar-refractivity contribution is 9.10. The van der Waals surface area contributed by atoms with Gasteiger partial charge in [0.25, 0.3) is 0 Å². The van der Waals surface area contributed by atoms with Gasteiger partial charge >= 0.3 is 0 Å². The van der Waals surface area contributed by atoms with Crippen LogP contribution in [0.3, 0.4) is 0 Å². The molecule has 19 heavy (non-hydrogen) atoms. The van der Waals surface area contributed by atoms with Gasteiger partial charge in [-0.1, -0.05) is 29.3 Å². The van der Waals surface area contributed by atoms with E-state index < -0.39 is 0 Å². The first kappa shape index (κ1) is 14.7. The molecule has 0 saturated heterocycles. The average molecular weight is 361 g/mol. The summed E-state index contributed by atoms with van der Waals surface area (Å²) < 4.78 is 6.48. The van der Waals surface area contributed by atoms with Crippen LogP contribution in [0.2, 0.25) is 10.0 Å². The molecule has 100 valence electrons. The molecule has 2 rings (SSSR count). The minimum atomic E-state index is 0.497. The second-order valence-electron chi connectivity index (χ2n) is 4.09. The summed E-state index contributed by atoms with van der Waals surface area (Å²) in [5.41, 5.74) is 7.80. The molecule has 0 aliphatic rings. The maximum atomic E-state index is 6.12. The number of rotatable bonds is 3. The molecule has 0 unspecified atom stereocenters. The molecule has 2 aromatic rings. The van der Waals surface area contributed by atoms with Gasteiger partial charge in [0.05, 0.1) is 10.0 Å². The number of hydrogen-bond donors (Lipinski definition) is 1. The fourth-order valence-electron chi connectivity index (χ4n) is 1.67. The van der Waals surface area contributed by atoms with Crippen molar-refractivity contribution in [3.63, 3.8) is 0 Å². The Hall–Kier alpha value is -0.740. The van der Waals surface area contributed by atoms with Crippen molar-refractivity contribution in [1.29, 1.82) is 0 Å². The van der Waals surface area contributed by atoms with Gasteiger partial charge in [-0.25, -0.2) is 0 Å². The van der Waals surface area contributed by atoms with Gasteiger partial charge in [-0.3, -0.25) is 0 Å². The number of hydrogen-bond acceptors (Lipinski definition) is 2. The summed E-state index contributed by atoms with van der Waals surface area (Å²) in [6, 6.07) is 9.12. The molecular formula is C14H12BrCl2NO. The smallest absolute Gasteiger partial charge is 0.147 e. The Morgan fingerprint density at radius 3 is 2.53 bits per heavy atom. The quantitative estimate of drug-likeness (QED) is 0.752. The number of halogens is 3. The van der Waals surface area contributed by atoms with Crippen LogP contribution in [-0.4, -0.2) is 0 Å². The Balaban J connectivity index is 2.31. The standard InChI is InChI=1S/C14H12BrCl2NO/c1-8-4-10(3-2-9(8)7-18)19-14-6-12(16)11(15)5-13(14)17/h2-6H,7,18H2,1H3. The molecule has 0 spiro atoms. The van der Waals surface area contributed by atoms with Crippen LogP contribution in [0.5, 0.6) is 11.5 Å². The summed E-state index contributed by atoms with van der Waals surface area (Å²) in [4.78, 5) is 0. The first-order valence-electron chi connectivity index (χ1n) is 5.63. The van der Waals surface area contributed by atoms with Crippen molar-refractivity contribution < 1.29 is 4.74 Å². The first-order valence-corrected chi connectivity index (χ1v) is 7.18. The van der Waals surface area contributed by atoms with Crippen molar-refractivity contribution >= 4 is 39.1 Å². The van der Waals surface area contributed by atoms with Gasteiger partial charge in [-0.15, -0.1) is 0 Å². The van der Waals surface area contributed by atoms with E-state index in [-0.39, 0.29) is 0 Å². The number of nitrogens with two attached hydrogens (primary N) is 1. The van der Waals surface area contributed by atoms with Gasteiger partial charge in [0.2, 0.25) is 0 Å². The molecule has 0 aromatic heterocycles. The first-order chi connectivity index (χ1) is 9.01. The third kappa shape index (κ3) is 3.42. The van der Waals surface area contributed by atoms with Gasteiger partial charge in [0, 0.05) is 17.1 Å². The van der Waals surface area contributed by atoms with Gasteiger partial charge in [-0.05, 0) is 52.2 Å². The van der Waals surface area contributed by atoms with Crippen LogP contribution in [0.4, 0.5) is 0 Å². The molecular weight excluding hydrogens is 349 g/mol. The summed E-state index contributed by atoms with van der Waals surface area (Å²) in [5.74, 6) is 1.23. The lowest BCUT2D eigenvalue weighted by molar-refractivity contribution is 0.482. The lowest BCUT2D eigenvalue weighted by Gasteiger charge is -2.11. The van der Waals surface area contributed by atoms with E-state index in [1.165, 1.54) is 0 Å². The summed E-state index contributed by atoms with van der Waals surface area (Å²) in [6.45, 7) is 2.50. The van der Waals surface area contributed by atoms with Crippen molar-refractivity contribution in [1.82, 2.24) is 0 Å². The van der Waals surface area contributed by atoms with Crippen LogP contribution in [0.25, 0.3) is 0 Å². The topological polar surface area (TPSA) is 35.2 Å². The highest BCUT2D eigenvalue weighted by Gasteiger charge is 2.08. The molecule has 2 N–H and O–H groups in total. The van der Waals surface area contributed by atoms with Crippen molar-refractivity contribution in [2.75, 3.05) is 0 Å². The van der Waals surface area contributed by atoms with Crippen molar-refractivity contribution in [2.45, 2.75) is 13.5 Å². The van der Waals surface area contributed by atoms with Crippen molar-refractivity contribution in [2.24, 2.45) is 5.73 Å². The SMILES string of the molecule is Cc1cc(Oc2cc(Cl)c(Br)cc2Cl)ccc1CN. The Morgan fingerprint density at radius 1 is 1.16 bits per heavy atom. The summed E-state index contributed by atoms with van der Waals surface area (Å²) in [7, 11) is 0. The molecule has 0 saturated carbocycles. The molecule has 0 atom stereocenters. The maximum Gasteiger partial charge on any atom is 0.147 e. The molecule has 0 aliphatic carbocycles. The monoisotopic (exact) mass is 359 g/mol. The zero-order valence-corrected chi connectivity index (χ0v) is 13.3. The van der Waals surface area contributed by atoms with Crippen LogP contribution in [-0.2, 0) is 6.54 Å². The normalized spacial score (nSPS) is 10.6. The second-order valence-corrected chi connectivity index (χ2v) is 5.76. The third-order valence-electron chi connectivity index (χ3n) is 2.74. The van der Waals surface area contributed by atoms with Crippen LogP contribution < -0.4 is 10.5 Å². The average Bonchev–Trinajstić information content (AvgIpc) is 2.36. The molecule has 0 bridgehead atoms. The maximum absolute atomic E-state index is 6.12. The zero-order chi connectivity index (χ0) is 14.0. The zero-order valence-electron chi connectivity index (χ0n) is 10.2. The second kappa shape index (κ2) is 6.14. The van der Waals surface area contributed by atoms with Gasteiger partial charge < -0.3 is 10.5 Å². The fourth-order valence-corrected chi connectivity index (χ4v) is 2.50. The van der Waals surface area contributed by atoms with Gasteiger partial charge in [0.15, 0.2) is 0 Å². The molecule has 2 nitrogen and oxygen atoms in total. The van der Waals surface area contributed by atoms with Gasteiger partial charge in [0.1, 0.15) is 11.5 Å². The highest BCUT2D eigenvalue weighted by Crippen LogP contribution is 2.36. The molecule has 0 aliphatic heterocycles. The predicted octanol–water partition coefficient (Wildman–Crippen LogP) is 5.32.